The maximum Gasteiger partial charge on any atom is 0.335 e. The number of nitrogens with zero attached hydrogens (tertiary/aromatic N) is 1. The van der Waals surface area contributed by atoms with Crippen molar-refractivity contribution in [3.63, 3.8) is 0 Å². The van der Waals surface area contributed by atoms with Crippen molar-refractivity contribution in [2.24, 2.45) is 0 Å². The van der Waals surface area contributed by atoms with Gasteiger partial charge in [-0.25, -0.2) is 9.78 Å². The first-order chi connectivity index (χ1) is 10.5. The Morgan fingerprint density at radius 1 is 1.00 bits per heavy atom. The summed E-state index contributed by atoms with van der Waals surface area (Å²) < 4.78 is 0. The second-order valence-corrected chi connectivity index (χ2v) is 6.09. The zero-order valence-corrected chi connectivity index (χ0v) is 13.1. The molecule has 3 aromatic rings. The van der Waals surface area contributed by atoms with E-state index in [1.165, 1.54) is 16.9 Å². The molecule has 1 N–H and O–H groups in total. The minimum absolute atomic E-state index is 0.292. The molecule has 0 bridgehead atoms. The second kappa shape index (κ2) is 5.73. The molecular formula is C18H15NO2S. The quantitative estimate of drug-likeness (QED) is 0.756. The van der Waals surface area contributed by atoms with Crippen molar-refractivity contribution < 1.29 is 9.90 Å². The van der Waals surface area contributed by atoms with E-state index in [4.69, 9.17) is 0 Å². The van der Waals surface area contributed by atoms with Crippen molar-refractivity contribution in [2.75, 3.05) is 0 Å². The standard InChI is InChI=1S/C18H15NO2S/c1-11-3-5-13(6-4-11)14-7-15(9-16(8-14)18(20)21)17-12(2)19-10-22-17/h3-10H,1-2H3,(H,20,21). The fourth-order valence-corrected chi connectivity index (χ4v) is 3.17. The van der Waals surface area contributed by atoms with Gasteiger partial charge in [-0.3, -0.25) is 0 Å². The largest absolute Gasteiger partial charge is 0.478 e. The monoisotopic (exact) mass is 309 g/mol. The highest BCUT2D eigenvalue weighted by atomic mass is 32.1. The fraction of sp³-hybridized carbons (Fsp3) is 0.111. The first kappa shape index (κ1) is 14.5. The zero-order chi connectivity index (χ0) is 15.7. The minimum Gasteiger partial charge on any atom is -0.478 e. The summed E-state index contributed by atoms with van der Waals surface area (Å²) in [6.07, 6.45) is 0. The third kappa shape index (κ3) is 2.78. The molecular weight excluding hydrogens is 294 g/mol. The summed E-state index contributed by atoms with van der Waals surface area (Å²) in [6.45, 7) is 3.97. The molecule has 0 aliphatic rings. The van der Waals surface area contributed by atoms with Crippen molar-refractivity contribution >= 4 is 17.3 Å². The highest BCUT2D eigenvalue weighted by Crippen LogP contribution is 2.32. The van der Waals surface area contributed by atoms with Crippen LogP contribution in [0.25, 0.3) is 21.6 Å². The van der Waals surface area contributed by atoms with Gasteiger partial charge in [0.2, 0.25) is 0 Å². The number of hydrogen-bond acceptors (Lipinski definition) is 3. The number of benzene rings is 2. The number of rotatable bonds is 3. The van der Waals surface area contributed by atoms with E-state index in [-0.39, 0.29) is 0 Å². The van der Waals surface area contributed by atoms with Crippen LogP contribution in [0.1, 0.15) is 21.6 Å². The van der Waals surface area contributed by atoms with Gasteiger partial charge in [0, 0.05) is 0 Å². The van der Waals surface area contributed by atoms with E-state index in [0.717, 1.165) is 27.3 Å². The number of thiazole rings is 1. The van der Waals surface area contributed by atoms with Gasteiger partial charge in [-0.15, -0.1) is 11.3 Å². The van der Waals surface area contributed by atoms with Crippen molar-refractivity contribution in [3.05, 3.63) is 64.8 Å². The van der Waals surface area contributed by atoms with Gasteiger partial charge in [0.05, 0.1) is 21.6 Å². The molecule has 0 aliphatic heterocycles. The smallest absolute Gasteiger partial charge is 0.335 e. The molecule has 1 aromatic heterocycles. The van der Waals surface area contributed by atoms with E-state index in [2.05, 4.69) is 4.98 Å². The summed E-state index contributed by atoms with van der Waals surface area (Å²) in [5, 5.41) is 9.38. The van der Waals surface area contributed by atoms with E-state index in [1.54, 1.807) is 17.6 Å². The van der Waals surface area contributed by atoms with Crippen molar-refractivity contribution in [2.45, 2.75) is 13.8 Å². The van der Waals surface area contributed by atoms with Gasteiger partial charge in [0.1, 0.15) is 0 Å². The third-order valence-corrected chi connectivity index (χ3v) is 4.55. The van der Waals surface area contributed by atoms with Crippen molar-refractivity contribution in [1.29, 1.82) is 0 Å². The van der Waals surface area contributed by atoms with Gasteiger partial charge in [-0.05, 0) is 48.7 Å². The third-order valence-electron chi connectivity index (χ3n) is 3.57. The minimum atomic E-state index is -0.919. The molecule has 0 aliphatic carbocycles. The maximum atomic E-state index is 11.4. The Balaban J connectivity index is 2.18. The zero-order valence-electron chi connectivity index (χ0n) is 12.3. The Kier molecular flexibility index (Phi) is 3.77. The van der Waals surface area contributed by atoms with Gasteiger partial charge in [0.15, 0.2) is 0 Å². The Morgan fingerprint density at radius 3 is 2.27 bits per heavy atom. The number of aromatic nitrogens is 1. The molecule has 0 unspecified atom stereocenters. The predicted octanol–water partition coefficient (Wildman–Crippen LogP) is 4.79. The summed E-state index contributed by atoms with van der Waals surface area (Å²) in [5.41, 5.74) is 6.99. The number of aromatic carboxylic acids is 1. The normalized spacial score (nSPS) is 10.6. The van der Waals surface area contributed by atoms with Crippen LogP contribution in [0.5, 0.6) is 0 Å². The van der Waals surface area contributed by atoms with Crippen LogP contribution in [0.3, 0.4) is 0 Å². The topological polar surface area (TPSA) is 50.2 Å². The predicted molar refractivity (Wildman–Crippen MR) is 89.4 cm³/mol. The molecule has 110 valence electrons. The molecule has 4 heteroatoms. The van der Waals surface area contributed by atoms with Gasteiger partial charge < -0.3 is 5.11 Å². The van der Waals surface area contributed by atoms with Crippen molar-refractivity contribution in [3.8, 4) is 21.6 Å². The van der Waals surface area contributed by atoms with E-state index < -0.39 is 5.97 Å². The van der Waals surface area contributed by atoms with Crippen LogP contribution in [0, 0.1) is 13.8 Å². The molecule has 0 saturated carbocycles. The lowest BCUT2D eigenvalue weighted by atomic mass is 9.98. The summed E-state index contributed by atoms with van der Waals surface area (Å²) in [4.78, 5) is 16.7. The molecule has 3 rings (SSSR count). The fourth-order valence-electron chi connectivity index (χ4n) is 2.37. The summed E-state index contributed by atoms with van der Waals surface area (Å²) in [7, 11) is 0. The van der Waals surface area contributed by atoms with E-state index in [0.29, 0.717) is 5.56 Å². The van der Waals surface area contributed by atoms with Crippen LogP contribution in [0.4, 0.5) is 0 Å². The molecule has 0 fully saturated rings. The first-order valence-electron chi connectivity index (χ1n) is 6.90. The Hall–Kier alpha value is -2.46. The van der Waals surface area contributed by atoms with Gasteiger partial charge >= 0.3 is 5.97 Å². The van der Waals surface area contributed by atoms with E-state index in [9.17, 15) is 9.90 Å². The second-order valence-electron chi connectivity index (χ2n) is 5.24. The van der Waals surface area contributed by atoms with Gasteiger partial charge in [0.25, 0.3) is 0 Å². The van der Waals surface area contributed by atoms with Crippen molar-refractivity contribution in [1.82, 2.24) is 4.98 Å². The number of aryl methyl sites for hydroxylation is 2. The maximum absolute atomic E-state index is 11.4. The summed E-state index contributed by atoms with van der Waals surface area (Å²) in [5.74, 6) is -0.919. The number of carboxylic acid groups (broad SMARTS) is 1. The molecule has 0 radical (unpaired) electrons. The van der Waals surface area contributed by atoms with Crippen LogP contribution in [0.2, 0.25) is 0 Å². The number of hydrogen-bond donors (Lipinski definition) is 1. The Bertz CT molecular complexity index is 835. The first-order valence-corrected chi connectivity index (χ1v) is 7.78. The molecule has 2 aromatic carbocycles. The molecule has 0 atom stereocenters. The lowest BCUT2D eigenvalue weighted by Crippen LogP contribution is -1.97. The molecule has 0 spiro atoms. The molecule has 22 heavy (non-hydrogen) atoms. The summed E-state index contributed by atoms with van der Waals surface area (Å²) in [6, 6.07) is 13.5. The molecule has 1 heterocycles. The SMILES string of the molecule is Cc1ccc(-c2cc(C(=O)O)cc(-c3scnc3C)c2)cc1. The molecule has 3 nitrogen and oxygen atoms in total. The summed E-state index contributed by atoms with van der Waals surface area (Å²) >= 11 is 1.53. The Morgan fingerprint density at radius 2 is 1.68 bits per heavy atom. The average molecular weight is 309 g/mol. The highest BCUT2D eigenvalue weighted by molar-refractivity contribution is 7.13. The van der Waals surface area contributed by atoms with E-state index >= 15 is 0 Å². The van der Waals surface area contributed by atoms with Gasteiger partial charge in [-0.1, -0.05) is 29.8 Å². The van der Waals surface area contributed by atoms with Crippen LogP contribution in [-0.4, -0.2) is 16.1 Å². The van der Waals surface area contributed by atoms with Crippen LogP contribution in [-0.2, 0) is 0 Å². The van der Waals surface area contributed by atoms with Crippen LogP contribution in [0.15, 0.2) is 48.0 Å². The van der Waals surface area contributed by atoms with E-state index in [1.807, 2.05) is 44.2 Å². The van der Waals surface area contributed by atoms with Crippen LogP contribution < -0.4 is 0 Å². The number of carbonyl (C=O) groups is 1. The lowest BCUT2D eigenvalue weighted by molar-refractivity contribution is 0.0697. The highest BCUT2D eigenvalue weighted by Gasteiger charge is 2.12. The Labute approximate surface area is 132 Å². The van der Waals surface area contributed by atoms with Gasteiger partial charge in [-0.2, -0.15) is 0 Å². The average Bonchev–Trinajstić information content (AvgIpc) is 2.93. The lowest BCUT2D eigenvalue weighted by Gasteiger charge is -2.08. The molecule has 0 amide bonds. The molecule has 0 saturated heterocycles. The van der Waals surface area contributed by atoms with Crippen LogP contribution >= 0.6 is 11.3 Å². The number of carboxylic acids is 1.